The zero-order chi connectivity index (χ0) is 12.3. The predicted octanol–water partition coefficient (Wildman–Crippen LogP) is 2.28. The van der Waals surface area contributed by atoms with Crippen LogP contribution in [0, 0.1) is 0 Å². The second kappa shape index (κ2) is 4.78. The lowest BCUT2D eigenvalue weighted by Crippen LogP contribution is -2.07. The molecule has 1 aromatic carbocycles. The zero-order valence-electron chi connectivity index (χ0n) is 8.89. The molecule has 0 spiro atoms. The van der Waals surface area contributed by atoms with Crippen LogP contribution in [-0.4, -0.2) is 29.3 Å². The summed E-state index contributed by atoms with van der Waals surface area (Å²) in [6.07, 6.45) is 1.31. The second-order valence-corrected chi connectivity index (χ2v) is 3.36. The topological polar surface area (TPSA) is 59.4 Å². The summed E-state index contributed by atoms with van der Waals surface area (Å²) in [7, 11) is 0. The van der Waals surface area contributed by atoms with Gasteiger partial charge in [-0.3, -0.25) is 4.98 Å². The number of hydrogen-bond donors (Lipinski definition) is 1. The summed E-state index contributed by atoms with van der Waals surface area (Å²) < 4.78 is 17.1. The van der Waals surface area contributed by atoms with Gasteiger partial charge in [-0.25, -0.2) is 9.18 Å². The minimum absolute atomic E-state index is 0.0176. The third-order valence-corrected chi connectivity index (χ3v) is 2.29. The summed E-state index contributed by atoms with van der Waals surface area (Å²) in [6.45, 7) is -0.855. The maximum Gasteiger partial charge on any atom is 0.340 e. The van der Waals surface area contributed by atoms with Crippen molar-refractivity contribution < 1.29 is 19.0 Å². The van der Waals surface area contributed by atoms with Crippen LogP contribution in [0.3, 0.4) is 0 Å². The smallest absolute Gasteiger partial charge is 0.340 e. The van der Waals surface area contributed by atoms with Crippen LogP contribution in [0.5, 0.6) is 5.75 Å². The van der Waals surface area contributed by atoms with E-state index >= 15 is 0 Å². The largest absolute Gasteiger partial charge is 0.488 e. The van der Waals surface area contributed by atoms with Crippen molar-refractivity contribution in [3.63, 3.8) is 0 Å². The lowest BCUT2D eigenvalue weighted by Gasteiger charge is -2.09. The highest BCUT2D eigenvalue weighted by atomic mass is 19.1. The number of aromatic carboxylic acids is 1. The van der Waals surface area contributed by atoms with Crippen LogP contribution in [0.4, 0.5) is 4.39 Å². The lowest BCUT2D eigenvalue weighted by atomic mass is 10.1. The maximum absolute atomic E-state index is 12.0. The quantitative estimate of drug-likeness (QED) is 0.883. The van der Waals surface area contributed by atoms with Crippen molar-refractivity contribution in [3.8, 4) is 5.75 Å². The summed E-state index contributed by atoms with van der Waals surface area (Å²) in [5, 5.41) is 9.64. The average molecular weight is 235 g/mol. The summed E-state index contributed by atoms with van der Waals surface area (Å²) in [5.41, 5.74) is 0.585. The molecule has 0 saturated carbocycles. The summed E-state index contributed by atoms with van der Waals surface area (Å²) >= 11 is 0. The molecule has 0 aliphatic heterocycles. The van der Waals surface area contributed by atoms with Crippen molar-refractivity contribution in [2.75, 3.05) is 13.3 Å². The number of aromatic nitrogens is 1. The number of nitrogens with zero attached hydrogens (tertiary/aromatic N) is 1. The molecule has 0 fully saturated rings. The van der Waals surface area contributed by atoms with Crippen LogP contribution in [0.2, 0.25) is 0 Å². The first-order valence-corrected chi connectivity index (χ1v) is 5.04. The fraction of sp³-hybridized carbons (Fsp3) is 0.167. The standard InChI is InChI=1S/C12H10FNO3/c13-5-6-17-10-7-14-9-4-2-1-3-8(9)11(10)12(15)16/h1-4,7H,5-6H2,(H,15,16). The number of benzene rings is 1. The highest BCUT2D eigenvalue weighted by Crippen LogP contribution is 2.26. The Morgan fingerprint density at radius 2 is 2.18 bits per heavy atom. The van der Waals surface area contributed by atoms with Gasteiger partial charge in [0.2, 0.25) is 0 Å². The molecule has 0 saturated heterocycles. The van der Waals surface area contributed by atoms with Crippen LogP contribution in [0.15, 0.2) is 30.5 Å². The van der Waals surface area contributed by atoms with E-state index < -0.39 is 12.6 Å². The first kappa shape index (κ1) is 11.3. The van der Waals surface area contributed by atoms with Gasteiger partial charge < -0.3 is 9.84 Å². The van der Waals surface area contributed by atoms with Gasteiger partial charge in [-0.15, -0.1) is 0 Å². The number of pyridine rings is 1. The van der Waals surface area contributed by atoms with Crippen LogP contribution in [-0.2, 0) is 0 Å². The number of rotatable bonds is 4. The van der Waals surface area contributed by atoms with E-state index in [1.807, 2.05) is 0 Å². The Bertz CT molecular complexity index is 556. The highest BCUT2D eigenvalue weighted by Gasteiger charge is 2.16. The first-order valence-electron chi connectivity index (χ1n) is 5.04. The van der Waals surface area contributed by atoms with Crippen LogP contribution in [0.25, 0.3) is 10.9 Å². The summed E-state index contributed by atoms with van der Waals surface area (Å²) in [5.74, 6) is -1.02. The van der Waals surface area contributed by atoms with Crippen molar-refractivity contribution in [3.05, 3.63) is 36.0 Å². The Morgan fingerprint density at radius 1 is 1.41 bits per heavy atom. The molecule has 0 aliphatic carbocycles. The van der Waals surface area contributed by atoms with Crippen LogP contribution >= 0.6 is 0 Å². The maximum atomic E-state index is 12.0. The molecule has 0 unspecified atom stereocenters. The molecular formula is C12H10FNO3. The Labute approximate surface area is 96.7 Å². The molecule has 2 aromatic rings. The number of carboxylic acid groups (broad SMARTS) is 1. The third kappa shape index (κ3) is 2.18. The number of carbonyl (C=O) groups is 1. The van der Waals surface area contributed by atoms with Crippen LogP contribution in [0.1, 0.15) is 10.4 Å². The van der Waals surface area contributed by atoms with Crippen molar-refractivity contribution in [1.29, 1.82) is 0 Å². The average Bonchev–Trinajstić information content (AvgIpc) is 2.35. The van der Waals surface area contributed by atoms with E-state index in [0.717, 1.165) is 0 Å². The fourth-order valence-electron chi connectivity index (χ4n) is 1.60. The Kier molecular flexibility index (Phi) is 3.18. The van der Waals surface area contributed by atoms with E-state index in [1.54, 1.807) is 24.3 Å². The first-order chi connectivity index (χ1) is 8.24. The molecule has 88 valence electrons. The second-order valence-electron chi connectivity index (χ2n) is 3.36. The van der Waals surface area contributed by atoms with E-state index in [0.29, 0.717) is 10.9 Å². The minimum Gasteiger partial charge on any atom is -0.488 e. The number of halogens is 1. The molecule has 0 atom stereocenters. The van der Waals surface area contributed by atoms with Gasteiger partial charge in [-0.05, 0) is 6.07 Å². The van der Waals surface area contributed by atoms with Crippen molar-refractivity contribution >= 4 is 16.9 Å². The predicted molar refractivity (Wildman–Crippen MR) is 60.2 cm³/mol. The summed E-state index contributed by atoms with van der Waals surface area (Å²) in [4.78, 5) is 15.3. The SMILES string of the molecule is O=C(O)c1c(OCCF)cnc2ccccc12. The lowest BCUT2D eigenvalue weighted by molar-refractivity contribution is 0.0694. The molecule has 2 rings (SSSR count). The van der Waals surface area contributed by atoms with E-state index in [9.17, 15) is 9.18 Å². The number of carboxylic acids is 1. The monoisotopic (exact) mass is 235 g/mol. The van der Waals surface area contributed by atoms with Crippen molar-refractivity contribution in [2.45, 2.75) is 0 Å². The van der Waals surface area contributed by atoms with E-state index in [4.69, 9.17) is 9.84 Å². The van der Waals surface area contributed by atoms with Crippen molar-refractivity contribution in [2.24, 2.45) is 0 Å². The Balaban J connectivity index is 2.60. The molecule has 0 bridgehead atoms. The molecule has 0 radical (unpaired) electrons. The minimum atomic E-state index is -1.11. The van der Waals surface area contributed by atoms with Gasteiger partial charge in [0.1, 0.15) is 18.8 Å². The van der Waals surface area contributed by atoms with Gasteiger partial charge in [0.15, 0.2) is 5.75 Å². The molecule has 0 aliphatic rings. The van der Waals surface area contributed by atoms with Gasteiger partial charge >= 0.3 is 5.97 Å². The van der Waals surface area contributed by atoms with Gasteiger partial charge in [0.05, 0.1) is 11.7 Å². The molecule has 17 heavy (non-hydrogen) atoms. The Hall–Kier alpha value is -2.17. The Morgan fingerprint density at radius 3 is 2.88 bits per heavy atom. The van der Waals surface area contributed by atoms with Gasteiger partial charge in [0.25, 0.3) is 0 Å². The summed E-state index contributed by atoms with van der Waals surface area (Å²) in [6, 6.07) is 6.84. The molecular weight excluding hydrogens is 225 g/mol. The van der Waals surface area contributed by atoms with E-state index in [1.165, 1.54) is 6.20 Å². The van der Waals surface area contributed by atoms with Gasteiger partial charge in [-0.2, -0.15) is 0 Å². The van der Waals surface area contributed by atoms with Gasteiger partial charge in [-0.1, -0.05) is 18.2 Å². The molecule has 1 heterocycles. The number of hydrogen-bond acceptors (Lipinski definition) is 3. The number of para-hydroxylation sites is 1. The molecule has 5 heteroatoms. The normalized spacial score (nSPS) is 10.4. The molecule has 1 N–H and O–H groups in total. The fourth-order valence-corrected chi connectivity index (χ4v) is 1.60. The van der Waals surface area contributed by atoms with Gasteiger partial charge in [0, 0.05) is 5.39 Å². The number of ether oxygens (including phenoxy) is 1. The van der Waals surface area contributed by atoms with Crippen molar-refractivity contribution in [1.82, 2.24) is 4.98 Å². The molecule has 0 amide bonds. The zero-order valence-corrected chi connectivity index (χ0v) is 8.89. The van der Waals surface area contributed by atoms with E-state index in [-0.39, 0.29) is 17.9 Å². The van der Waals surface area contributed by atoms with Crippen LogP contribution < -0.4 is 4.74 Å². The number of fused-ring (bicyclic) bond motifs is 1. The molecule has 4 nitrogen and oxygen atoms in total. The third-order valence-electron chi connectivity index (χ3n) is 2.29. The van der Waals surface area contributed by atoms with E-state index in [2.05, 4.69) is 4.98 Å². The molecule has 1 aromatic heterocycles. The number of alkyl halides is 1. The highest BCUT2D eigenvalue weighted by molar-refractivity contribution is 6.04.